The maximum atomic E-state index is 11.3. The molecule has 0 aliphatic carbocycles. The summed E-state index contributed by atoms with van der Waals surface area (Å²) >= 11 is 0. The van der Waals surface area contributed by atoms with E-state index in [0.29, 0.717) is 35.3 Å². The number of aliphatic hydroxyl groups is 1. The second kappa shape index (κ2) is 6.87. The fraction of sp³-hybridized carbons (Fsp3) is 0.176. The molecular formula is C17H16O5. The number of aromatic carboxylic acids is 1. The highest BCUT2D eigenvalue weighted by molar-refractivity contribution is 5.98. The van der Waals surface area contributed by atoms with Gasteiger partial charge in [0.25, 0.3) is 0 Å². The van der Waals surface area contributed by atoms with Crippen LogP contribution in [0, 0.1) is 0 Å². The number of carboxylic acid groups (broad SMARTS) is 1. The molecule has 2 rings (SSSR count). The summed E-state index contributed by atoms with van der Waals surface area (Å²) in [6, 6.07) is 9.79. The van der Waals surface area contributed by atoms with Crippen LogP contribution in [0.4, 0.5) is 0 Å². The predicted octanol–water partition coefficient (Wildman–Crippen LogP) is 2.76. The second-order valence-electron chi connectivity index (χ2n) is 4.57. The molecule has 0 unspecified atom stereocenters. The molecular weight excluding hydrogens is 284 g/mol. The highest BCUT2D eigenvalue weighted by Gasteiger charge is 2.20. The highest BCUT2D eigenvalue weighted by atomic mass is 16.5. The first-order chi connectivity index (χ1) is 10.6. The van der Waals surface area contributed by atoms with Gasteiger partial charge in [0, 0.05) is 22.3 Å². The molecule has 2 aromatic carbocycles. The molecule has 114 valence electrons. The number of aliphatic hydroxyl groups excluding tert-OH is 1. The third-order valence-corrected chi connectivity index (χ3v) is 3.32. The molecule has 0 amide bonds. The van der Waals surface area contributed by atoms with E-state index in [2.05, 4.69) is 0 Å². The average Bonchev–Trinajstić information content (AvgIpc) is 2.54. The van der Waals surface area contributed by atoms with Gasteiger partial charge in [0.1, 0.15) is 5.75 Å². The van der Waals surface area contributed by atoms with Crippen LogP contribution in [0.5, 0.6) is 5.75 Å². The summed E-state index contributed by atoms with van der Waals surface area (Å²) in [6.45, 7) is 1.78. The van der Waals surface area contributed by atoms with E-state index >= 15 is 0 Å². The molecule has 0 bridgehead atoms. The SMILES string of the molecule is CCOc1ccccc1-c1c(C=O)ccc(C(=O)O)c1CO. The van der Waals surface area contributed by atoms with Crippen LogP contribution in [0.1, 0.15) is 33.2 Å². The lowest BCUT2D eigenvalue weighted by atomic mass is 9.91. The zero-order valence-electron chi connectivity index (χ0n) is 12.1. The summed E-state index contributed by atoms with van der Waals surface area (Å²) in [7, 11) is 0. The molecule has 0 fully saturated rings. The minimum absolute atomic E-state index is 0.0330. The first-order valence-electron chi connectivity index (χ1n) is 6.81. The maximum absolute atomic E-state index is 11.3. The Bertz CT molecular complexity index is 706. The smallest absolute Gasteiger partial charge is 0.336 e. The monoisotopic (exact) mass is 300 g/mol. The zero-order valence-corrected chi connectivity index (χ0v) is 12.1. The van der Waals surface area contributed by atoms with Crippen LogP contribution in [-0.2, 0) is 6.61 Å². The number of aldehydes is 1. The molecule has 0 saturated carbocycles. The van der Waals surface area contributed by atoms with Crippen LogP contribution in [-0.4, -0.2) is 29.1 Å². The molecule has 2 aromatic rings. The van der Waals surface area contributed by atoms with E-state index in [0.717, 1.165) is 0 Å². The van der Waals surface area contributed by atoms with Crippen molar-refractivity contribution in [3.8, 4) is 16.9 Å². The quantitative estimate of drug-likeness (QED) is 0.801. The van der Waals surface area contributed by atoms with Crippen LogP contribution >= 0.6 is 0 Å². The Morgan fingerprint density at radius 3 is 2.55 bits per heavy atom. The Morgan fingerprint density at radius 1 is 1.23 bits per heavy atom. The molecule has 0 aliphatic heterocycles. The minimum Gasteiger partial charge on any atom is -0.493 e. The molecule has 2 N–H and O–H groups in total. The first-order valence-corrected chi connectivity index (χ1v) is 6.81. The summed E-state index contributed by atoms with van der Waals surface area (Å²) in [5.74, 6) is -0.623. The fourth-order valence-electron chi connectivity index (χ4n) is 2.40. The van der Waals surface area contributed by atoms with E-state index in [9.17, 15) is 19.8 Å². The van der Waals surface area contributed by atoms with E-state index in [4.69, 9.17) is 4.74 Å². The number of carbonyl (C=O) groups is 2. The summed E-state index contributed by atoms with van der Waals surface area (Å²) in [4.78, 5) is 22.7. The van der Waals surface area contributed by atoms with Crippen molar-refractivity contribution in [3.05, 3.63) is 53.1 Å². The number of ether oxygens (including phenoxy) is 1. The van der Waals surface area contributed by atoms with Gasteiger partial charge in [0.2, 0.25) is 0 Å². The Hall–Kier alpha value is -2.66. The first kappa shape index (κ1) is 15.7. The molecule has 5 heteroatoms. The van der Waals surface area contributed by atoms with Crippen molar-refractivity contribution in [2.75, 3.05) is 6.61 Å². The number of carboxylic acids is 1. The van der Waals surface area contributed by atoms with E-state index in [1.807, 2.05) is 6.92 Å². The number of rotatable bonds is 6. The minimum atomic E-state index is -1.16. The van der Waals surface area contributed by atoms with Crippen molar-refractivity contribution < 1.29 is 24.5 Å². The van der Waals surface area contributed by atoms with Crippen LogP contribution in [0.3, 0.4) is 0 Å². The Morgan fingerprint density at radius 2 is 1.95 bits per heavy atom. The van der Waals surface area contributed by atoms with Gasteiger partial charge in [-0.1, -0.05) is 24.3 Å². The van der Waals surface area contributed by atoms with Gasteiger partial charge in [-0.05, 0) is 19.1 Å². The van der Waals surface area contributed by atoms with E-state index < -0.39 is 12.6 Å². The molecule has 0 saturated heterocycles. The lowest BCUT2D eigenvalue weighted by molar-refractivity contribution is 0.0693. The zero-order chi connectivity index (χ0) is 16.1. The number of hydrogen-bond donors (Lipinski definition) is 2. The van der Waals surface area contributed by atoms with E-state index in [1.165, 1.54) is 12.1 Å². The standard InChI is InChI=1S/C17H16O5/c1-2-22-15-6-4-3-5-13(15)16-11(9-18)7-8-12(17(20)21)14(16)10-19/h3-9,19H,2,10H2,1H3,(H,20,21). The molecule has 0 heterocycles. The third-order valence-electron chi connectivity index (χ3n) is 3.32. The van der Waals surface area contributed by atoms with E-state index in [-0.39, 0.29) is 11.1 Å². The van der Waals surface area contributed by atoms with Crippen LogP contribution < -0.4 is 4.74 Å². The summed E-state index contributed by atoms with van der Waals surface area (Å²) < 4.78 is 5.55. The van der Waals surface area contributed by atoms with Gasteiger partial charge in [-0.3, -0.25) is 4.79 Å². The third kappa shape index (κ3) is 2.84. The van der Waals surface area contributed by atoms with Crippen molar-refractivity contribution in [2.45, 2.75) is 13.5 Å². The Kier molecular flexibility index (Phi) is 4.91. The summed E-state index contributed by atoms with van der Waals surface area (Å²) in [5, 5.41) is 18.9. The lowest BCUT2D eigenvalue weighted by Gasteiger charge is -2.16. The molecule has 5 nitrogen and oxygen atoms in total. The highest BCUT2D eigenvalue weighted by Crippen LogP contribution is 2.36. The second-order valence-corrected chi connectivity index (χ2v) is 4.57. The van der Waals surface area contributed by atoms with Gasteiger partial charge < -0.3 is 14.9 Å². The van der Waals surface area contributed by atoms with Crippen LogP contribution in [0.25, 0.3) is 11.1 Å². The summed E-state index contributed by atoms with van der Waals surface area (Å²) in [6.07, 6.45) is 0.642. The van der Waals surface area contributed by atoms with Gasteiger partial charge in [-0.15, -0.1) is 0 Å². The molecule has 0 atom stereocenters. The van der Waals surface area contributed by atoms with Crippen molar-refractivity contribution in [1.29, 1.82) is 0 Å². The topological polar surface area (TPSA) is 83.8 Å². The van der Waals surface area contributed by atoms with Crippen molar-refractivity contribution in [3.63, 3.8) is 0 Å². The van der Waals surface area contributed by atoms with Crippen molar-refractivity contribution in [2.24, 2.45) is 0 Å². The fourth-order valence-corrected chi connectivity index (χ4v) is 2.40. The predicted molar refractivity (Wildman–Crippen MR) is 81.3 cm³/mol. The van der Waals surface area contributed by atoms with Gasteiger partial charge in [-0.2, -0.15) is 0 Å². The number of benzene rings is 2. The number of hydrogen-bond acceptors (Lipinski definition) is 4. The van der Waals surface area contributed by atoms with Gasteiger partial charge in [-0.25, -0.2) is 4.79 Å². The summed E-state index contributed by atoms with van der Waals surface area (Å²) in [5.41, 5.74) is 1.44. The molecule has 22 heavy (non-hydrogen) atoms. The lowest BCUT2D eigenvalue weighted by Crippen LogP contribution is -2.07. The normalized spacial score (nSPS) is 10.3. The number of carbonyl (C=O) groups excluding carboxylic acids is 1. The molecule has 0 radical (unpaired) electrons. The molecule has 0 aromatic heterocycles. The average molecular weight is 300 g/mol. The Balaban J connectivity index is 2.80. The van der Waals surface area contributed by atoms with Crippen LogP contribution in [0.15, 0.2) is 36.4 Å². The van der Waals surface area contributed by atoms with Gasteiger partial charge in [0.15, 0.2) is 6.29 Å². The van der Waals surface area contributed by atoms with Gasteiger partial charge >= 0.3 is 5.97 Å². The van der Waals surface area contributed by atoms with Crippen LogP contribution in [0.2, 0.25) is 0 Å². The largest absolute Gasteiger partial charge is 0.493 e. The molecule has 0 aliphatic rings. The van der Waals surface area contributed by atoms with Gasteiger partial charge in [0.05, 0.1) is 18.8 Å². The van der Waals surface area contributed by atoms with E-state index in [1.54, 1.807) is 24.3 Å². The van der Waals surface area contributed by atoms with Crippen molar-refractivity contribution >= 4 is 12.3 Å². The Labute approximate surface area is 127 Å². The molecule has 0 spiro atoms. The number of para-hydroxylation sites is 1. The van der Waals surface area contributed by atoms with Crippen molar-refractivity contribution in [1.82, 2.24) is 0 Å². The maximum Gasteiger partial charge on any atom is 0.336 e.